The highest BCUT2D eigenvalue weighted by Gasteiger charge is 2.21. The van der Waals surface area contributed by atoms with E-state index in [4.69, 9.17) is 9.47 Å². The number of amides is 1. The molecule has 6 nitrogen and oxygen atoms in total. The highest BCUT2D eigenvalue weighted by atomic mass is 16.5. The van der Waals surface area contributed by atoms with Crippen molar-refractivity contribution in [1.29, 1.82) is 0 Å². The third-order valence-electron chi connectivity index (χ3n) is 3.12. The molecule has 6 heteroatoms. The van der Waals surface area contributed by atoms with Gasteiger partial charge in [0.1, 0.15) is 17.1 Å². The summed E-state index contributed by atoms with van der Waals surface area (Å²) in [5.41, 5.74) is 0.535. The lowest BCUT2D eigenvalue weighted by Crippen LogP contribution is -2.30. The van der Waals surface area contributed by atoms with E-state index in [1.54, 1.807) is 24.3 Å². The third-order valence-corrected chi connectivity index (χ3v) is 3.12. The first kappa shape index (κ1) is 16.4. The van der Waals surface area contributed by atoms with Crippen molar-refractivity contribution in [2.75, 3.05) is 12.4 Å². The Kier molecular flexibility index (Phi) is 5.19. The van der Waals surface area contributed by atoms with Gasteiger partial charge in [0.15, 0.2) is 6.10 Å². The maximum atomic E-state index is 12.1. The van der Waals surface area contributed by atoms with Crippen LogP contribution in [-0.2, 0) is 9.53 Å². The van der Waals surface area contributed by atoms with E-state index in [9.17, 15) is 14.7 Å². The Labute approximate surface area is 133 Å². The SMILES string of the molecule is COc1ccc(O)c(C(=O)O[C@@H](C)C(=O)Nc2ccccc2)c1. The molecule has 0 saturated carbocycles. The molecule has 1 atom stereocenters. The van der Waals surface area contributed by atoms with Gasteiger partial charge < -0.3 is 19.9 Å². The predicted molar refractivity (Wildman–Crippen MR) is 84.6 cm³/mol. The molecular formula is C17H17NO5. The van der Waals surface area contributed by atoms with Gasteiger partial charge in [-0.1, -0.05) is 18.2 Å². The Morgan fingerprint density at radius 2 is 1.83 bits per heavy atom. The monoisotopic (exact) mass is 315 g/mol. The number of hydrogen-bond acceptors (Lipinski definition) is 5. The predicted octanol–water partition coefficient (Wildman–Crippen LogP) is 2.58. The quantitative estimate of drug-likeness (QED) is 0.828. The van der Waals surface area contributed by atoms with Crippen molar-refractivity contribution in [1.82, 2.24) is 0 Å². The lowest BCUT2D eigenvalue weighted by atomic mass is 10.2. The van der Waals surface area contributed by atoms with Crippen molar-refractivity contribution >= 4 is 17.6 Å². The molecular weight excluding hydrogens is 298 g/mol. The van der Waals surface area contributed by atoms with Gasteiger partial charge in [-0.15, -0.1) is 0 Å². The summed E-state index contributed by atoms with van der Waals surface area (Å²) in [6.07, 6.45) is -1.02. The van der Waals surface area contributed by atoms with Crippen LogP contribution >= 0.6 is 0 Å². The van der Waals surface area contributed by atoms with Crippen LogP contribution in [0.4, 0.5) is 5.69 Å². The topological polar surface area (TPSA) is 84.9 Å². The summed E-state index contributed by atoms with van der Waals surface area (Å²) in [7, 11) is 1.44. The summed E-state index contributed by atoms with van der Waals surface area (Å²) >= 11 is 0. The summed E-state index contributed by atoms with van der Waals surface area (Å²) in [5, 5.41) is 12.4. The summed E-state index contributed by atoms with van der Waals surface area (Å²) < 4.78 is 10.1. The molecule has 2 rings (SSSR count). The Bertz CT molecular complexity index is 699. The number of aromatic hydroxyl groups is 1. The van der Waals surface area contributed by atoms with Gasteiger partial charge in [-0.25, -0.2) is 4.79 Å². The summed E-state index contributed by atoms with van der Waals surface area (Å²) in [6, 6.07) is 13.0. The fourth-order valence-corrected chi connectivity index (χ4v) is 1.85. The molecule has 1 amide bonds. The molecule has 2 aromatic carbocycles. The lowest BCUT2D eigenvalue weighted by molar-refractivity contribution is -0.123. The van der Waals surface area contributed by atoms with Crippen LogP contribution in [0, 0.1) is 0 Å². The van der Waals surface area contributed by atoms with Gasteiger partial charge in [0, 0.05) is 5.69 Å². The number of rotatable bonds is 5. The van der Waals surface area contributed by atoms with Crippen molar-refractivity contribution in [3.8, 4) is 11.5 Å². The first-order valence-corrected chi connectivity index (χ1v) is 6.95. The molecule has 0 aliphatic rings. The average Bonchev–Trinajstić information content (AvgIpc) is 2.56. The van der Waals surface area contributed by atoms with Crippen molar-refractivity contribution in [2.24, 2.45) is 0 Å². The number of esters is 1. The zero-order valence-corrected chi connectivity index (χ0v) is 12.8. The van der Waals surface area contributed by atoms with Crippen LogP contribution in [0.25, 0.3) is 0 Å². The van der Waals surface area contributed by atoms with E-state index in [-0.39, 0.29) is 11.3 Å². The second-order valence-corrected chi connectivity index (χ2v) is 4.79. The molecule has 0 aliphatic carbocycles. The Hall–Kier alpha value is -3.02. The van der Waals surface area contributed by atoms with E-state index >= 15 is 0 Å². The standard InChI is InChI=1S/C17H17NO5/c1-11(16(20)18-12-6-4-3-5-7-12)23-17(21)14-10-13(22-2)8-9-15(14)19/h3-11,19H,1-2H3,(H,18,20)/t11-/m0/s1. The molecule has 0 unspecified atom stereocenters. The van der Waals surface area contributed by atoms with Gasteiger partial charge in [0.05, 0.1) is 7.11 Å². The maximum Gasteiger partial charge on any atom is 0.342 e. The maximum absolute atomic E-state index is 12.1. The minimum Gasteiger partial charge on any atom is -0.507 e. The second kappa shape index (κ2) is 7.31. The minimum absolute atomic E-state index is 0.0660. The minimum atomic E-state index is -1.02. The van der Waals surface area contributed by atoms with Crippen LogP contribution in [0.5, 0.6) is 11.5 Å². The first-order chi connectivity index (χ1) is 11.0. The van der Waals surface area contributed by atoms with Crippen LogP contribution in [0.15, 0.2) is 48.5 Å². The van der Waals surface area contributed by atoms with E-state index in [0.717, 1.165) is 0 Å². The van der Waals surface area contributed by atoms with Crippen molar-refractivity contribution in [2.45, 2.75) is 13.0 Å². The fourth-order valence-electron chi connectivity index (χ4n) is 1.85. The third kappa shape index (κ3) is 4.23. The van der Waals surface area contributed by atoms with E-state index in [2.05, 4.69) is 5.32 Å². The lowest BCUT2D eigenvalue weighted by Gasteiger charge is -2.14. The molecule has 0 spiro atoms. The number of phenolic OH excluding ortho intramolecular Hbond substituents is 1. The molecule has 0 saturated heterocycles. The number of carbonyl (C=O) groups excluding carboxylic acids is 2. The largest absolute Gasteiger partial charge is 0.507 e. The van der Waals surface area contributed by atoms with Crippen molar-refractivity contribution in [3.05, 3.63) is 54.1 Å². The Morgan fingerprint density at radius 3 is 2.48 bits per heavy atom. The second-order valence-electron chi connectivity index (χ2n) is 4.79. The molecule has 23 heavy (non-hydrogen) atoms. The summed E-state index contributed by atoms with van der Waals surface area (Å²) in [5.74, 6) is -1.12. The van der Waals surface area contributed by atoms with Gasteiger partial charge in [0.2, 0.25) is 0 Å². The van der Waals surface area contributed by atoms with Crippen LogP contribution in [0.1, 0.15) is 17.3 Å². The van der Waals surface area contributed by atoms with Gasteiger partial charge in [-0.05, 0) is 37.3 Å². The molecule has 120 valence electrons. The number of ether oxygens (including phenoxy) is 2. The van der Waals surface area contributed by atoms with E-state index in [1.807, 2.05) is 6.07 Å². The highest BCUT2D eigenvalue weighted by molar-refractivity contribution is 5.98. The zero-order chi connectivity index (χ0) is 16.8. The van der Waals surface area contributed by atoms with Gasteiger partial charge in [-0.3, -0.25) is 4.79 Å². The van der Waals surface area contributed by atoms with E-state index in [1.165, 1.54) is 32.2 Å². The van der Waals surface area contributed by atoms with E-state index < -0.39 is 18.0 Å². The average molecular weight is 315 g/mol. The van der Waals surface area contributed by atoms with Gasteiger partial charge in [0.25, 0.3) is 5.91 Å². The fraction of sp³-hybridized carbons (Fsp3) is 0.176. The van der Waals surface area contributed by atoms with Crippen LogP contribution in [-0.4, -0.2) is 30.2 Å². The van der Waals surface area contributed by atoms with Crippen LogP contribution in [0.3, 0.4) is 0 Å². The molecule has 0 radical (unpaired) electrons. The normalized spacial score (nSPS) is 11.4. The number of para-hydroxylation sites is 1. The van der Waals surface area contributed by atoms with E-state index in [0.29, 0.717) is 11.4 Å². The number of benzene rings is 2. The molecule has 0 aromatic heterocycles. The Morgan fingerprint density at radius 1 is 1.13 bits per heavy atom. The number of methoxy groups -OCH3 is 1. The van der Waals surface area contributed by atoms with Crippen LogP contribution in [0.2, 0.25) is 0 Å². The number of carbonyl (C=O) groups is 2. The number of hydrogen-bond donors (Lipinski definition) is 2. The van der Waals surface area contributed by atoms with Crippen LogP contribution < -0.4 is 10.1 Å². The van der Waals surface area contributed by atoms with Gasteiger partial charge >= 0.3 is 5.97 Å². The van der Waals surface area contributed by atoms with Gasteiger partial charge in [-0.2, -0.15) is 0 Å². The first-order valence-electron chi connectivity index (χ1n) is 6.95. The highest BCUT2D eigenvalue weighted by Crippen LogP contribution is 2.24. The molecule has 0 aliphatic heterocycles. The molecule has 0 fully saturated rings. The number of phenols is 1. The molecule has 0 heterocycles. The number of anilines is 1. The Balaban J connectivity index is 2.03. The summed E-state index contributed by atoms with van der Waals surface area (Å²) in [6.45, 7) is 1.45. The molecule has 2 aromatic rings. The number of nitrogens with one attached hydrogen (secondary N) is 1. The van der Waals surface area contributed by atoms with Crippen molar-refractivity contribution < 1.29 is 24.2 Å². The summed E-state index contributed by atoms with van der Waals surface area (Å²) in [4.78, 5) is 24.1. The molecule has 0 bridgehead atoms. The molecule has 2 N–H and O–H groups in total. The van der Waals surface area contributed by atoms with Crippen molar-refractivity contribution in [3.63, 3.8) is 0 Å². The zero-order valence-electron chi connectivity index (χ0n) is 12.8. The smallest absolute Gasteiger partial charge is 0.342 e.